The van der Waals surface area contributed by atoms with Crippen LogP contribution in [-0.2, 0) is 0 Å². The summed E-state index contributed by atoms with van der Waals surface area (Å²) in [5, 5.41) is 6.49. The zero-order chi connectivity index (χ0) is 13.7. The van der Waals surface area contributed by atoms with Crippen LogP contribution >= 0.6 is 0 Å². The summed E-state index contributed by atoms with van der Waals surface area (Å²) in [5.41, 5.74) is 2.02. The van der Waals surface area contributed by atoms with E-state index in [1.54, 1.807) is 0 Å². The molecule has 1 aromatic heterocycles. The van der Waals surface area contributed by atoms with E-state index in [9.17, 15) is 0 Å². The largest absolute Gasteiger partial charge is 0.370 e. The van der Waals surface area contributed by atoms with Crippen LogP contribution in [-0.4, -0.2) is 22.6 Å². The van der Waals surface area contributed by atoms with Crippen molar-refractivity contribution in [2.45, 2.75) is 26.8 Å². The Morgan fingerprint density at radius 2 is 1.84 bits per heavy atom. The number of nitrogens with zero attached hydrogens (tertiary/aromatic N) is 2. The Bertz CT molecular complexity index is 523. The molecule has 19 heavy (non-hydrogen) atoms. The maximum absolute atomic E-state index is 4.56. The highest BCUT2D eigenvalue weighted by Gasteiger charge is 2.06. The van der Waals surface area contributed by atoms with Crippen molar-refractivity contribution in [3.63, 3.8) is 0 Å². The number of anilines is 2. The van der Waals surface area contributed by atoms with E-state index in [-0.39, 0.29) is 0 Å². The number of benzene rings is 1. The van der Waals surface area contributed by atoms with Crippen molar-refractivity contribution >= 4 is 11.8 Å². The summed E-state index contributed by atoms with van der Waals surface area (Å²) in [6, 6.07) is 12.4. The fourth-order valence-corrected chi connectivity index (χ4v) is 1.80. The summed E-state index contributed by atoms with van der Waals surface area (Å²) in [5.74, 6) is 1.51. The Labute approximate surface area is 114 Å². The average molecular weight is 256 g/mol. The SMILES string of the molecule is CCNc1cc(-c2ccccc2)nc(NC(C)C)n1. The lowest BCUT2D eigenvalue weighted by Gasteiger charge is -2.12. The summed E-state index contributed by atoms with van der Waals surface area (Å²) in [4.78, 5) is 9.02. The van der Waals surface area contributed by atoms with Crippen LogP contribution in [0.2, 0.25) is 0 Å². The molecule has 2 aromatic rings. The van der Waals surface area contributed by atoms with Gasteiger partial charge in [-0.2, -0.15) is 4.98 Å². The van der Waals surface area contributed by atoms with Crippen LogP contribution in [0, 0.1) is 0 Å². The van der Waals surface area contributed by atoms with Gasteiger partial charge in [-0.25, -0.2) is 4.98 Å². The van der Waals surface area contributed by atoms with Crippen LogP contribution < -0.4 is 10.6 Å². The quantitative estimate of drug-likeness (QED) is 0.861. The molecule has 0 unspecified atom stereocenters. The molecule has 0 saturated carbocycles. The summed E-state index contributed by atoms with van der Waals surface area (Å²) >= 11 is 0. The first-order chi connectivity index (χ1) is 9.19. The highest BCUT2D eigenvalue weighted by molar-refractivity contribution is 5.64. The fourth-order valence-electron chi connectivity index (χ4n) is 1.80. The van der Waals surface area contributed by atoms with Gasteiger partial charge in [-0.15, -0.1) is 0 Å². The topological polar surface area (TPSA) is 49.8 Å². The van der Waals surface area contributed by atoms with Gasteiger partial charge in [0, 0.05) is 24.2 Å². The molecule has 0 atom stereocenters. The molecule has 4 nitrogen and oxygen atoms in total. The third-order valence-corrected chi connectivity index (χ3v) is 2.57. The lowest BCUT2D eigenvalue weighted by Crippen LogP contribution is -2.14. The van der Waals surface area contributed by atoms with Crippen molar-refractivity contribution < 1.29 is 0 Å². The number of nitrogens with one attached hydrogen (secondary N) is 2. The summed E-state index contributed by atoms with van der Waals surface area (Å²) < 4.78 is 0. The molecule has 2 rings (SSSR count). The lowest BCUT2D eigenvalue weighted by molar-refractivity contribution is 0.875. The number of hydrogen-bond acceptors (Lipinski definition) is 4. The van der Waals surface area contributed by atoms with Crippen LogP contribution in [0.5, 0.6) is 0 Å². The molecular formula is C15H20N4. The Morgan fingerprint density at radius 3 is 2.47 bits per heavy atom. The first kappa shape index (κ1) is 13.3. The van der Waals surface area contributed by atoms with Gasteiger partial charge in [-0.05, 0) is 20.8 Å². The second-order valence-electron chi connectivity index (χ2n) is 4.66. The van der Waals surface area contributed by atoms with E-state index in [2.05, 4.69) is 53.5 Å². The number of rotatable bonds is 5. The van der Waals surface area contributed by atoms with E-state index >= 15 is 0 Å². The van der Waals surface area contributed by atoms with Gasteiger partial charge in [0.25, 0.3) is 0 Å². The van der Waals surface area contributed by atoms with Gasteiger partial charge in [0.1, 0.15) is 5.82 Å². The zero-order valence-corrected chi connectivity index (χ0v) is 11.6. The first-order valence-corrected chi connectivity index (χ1v) is 6.64. The van der Waals surface area contributed by atoms with E-state index in [1.807, 2.05) is 24.3 Å². The van der Waals surface area contributed by atoms with Crippen LogP contribution in [0.3, 0.4) is 0 Å². The van der Waals surface area contributed by atoms with E-state index in [0.717, 1.165) is 23.6 Å². The number of aromatic nitrogens is 2. The van der Waals surface area contributed by atoms with Gasteiger partial charge >= 0.3 is 0 Å². The summed E-state index contributed by atoms with van der Waals surface area (Å²) in [7, 11) is 0. The molecule has 2 N–H and O–H groups in total. The molecule has 1 heterocycles. The van der Waals surface area contributed by atoms with Crippen LogP contribution in [0.25, 0.3) is 11.3 Å². The normalized spacial score (nSPS) is 10.5. The van der Waals surface area contributed by atoms with Crippen molar-refractivity contribution in [3.05, 3.63) is 36.4 Å². The highest BCUT2D eigenvalue weighted by atomic mass is 15.1. The van der Waals surface area contributed by atoms with Crippen LogP contribution in [0.4, 0.5) is 11.8 Å². The molecule has 0 aliphatic rings. The molecule has 4 heteroatoms. The van der Waals surface area contributed by atoms with Gasteiger partial charge in [-0.1, -0.05) is 30.3 Å². The predicted molar refractivity (Wildman–Crippen MR) is 80.4 cm³/mol. The maximum Gasteiger partial charge on any atom is 0.225 e. The van der Waals surface area contributed by atoms with Crippen molar-refractivity contribution in [3.8, 4) is 11.3 Å². The Morgan fingerprint density at radius 1 is 1.11 bits per heavy atom. The molecule has 0 spiro atoms. The fraction of sp³-hybridized carbons (Fsp3) is 0.333. The minimum Gasteiger partial charge on any atom is -0.370 e. The standard InChI is InChI=1S/C15H20N4/c1-4-16-14-10-13(12-8-6-5-7-9-12)18-15(19-14)17-11(2)3/h5-11H,4H2,1-3H3,(H2,16,17,18,19). The molecule has 0 saturated heterocycles. The van der Waals surface area contributed by atoms with Gasteiger partial charge in [0.2, 0.25) is 5.95 Å². The molecule has 100 valence electrons. The molecule has 0 aliphatic heterocycles. The van der Waals surface area contributed by atoms with Gasteiger partial charge in [0.15, 0.2) is 0 Å². The first-order valence-electron chi connectivity index (χ1n) is 6.64. The second-order valence-corrected chi connectivity index (χ2v) is 4.66. The van der Waals surface area contributed by atoms with Crippen molar-refractivity contribution in [1.29, 1.82) is 0 Å². The molecule has 0 fully saturated rings. The summed E-state index contributed by atoms with van der Waals surface area (Å²) in [6.45, 7) is 7.04. The average Bonchev–Trinajstić information content (AvgIpc) is 2.39. The molecular weight excluding hydrogens is 236 g/mol. The monoisotopic (exact) mass is 256 g/mol. The zero-order valence-electron chi connectivity index (χ0n) is 11.6. The predicted octanol–water partition coefficient (Wildman–Crippen LogP) is 3.40. The van der Waals surface area contributed by atoms with Crippen molar-refractivity contribution in [2.75, 3.05) is 17.2 Å². The van der Waals surface area contributed by atoms with E-state index < -0.39 is 0 Å². The molecule has 1 aromatic carbocycles. The number of hydrogen-bond donors (Lipinski definition) is 2. The molecule has 0 bridgehead atoms. The Balaban J connectivity index is 2.39. The smallest absolute Gasteiger partial charge is 0.225 e. The Hall–Kier alpha value is -2.10. The summed E-state index contributed by atoms with van der Waals surface area (Å²) in [6.07, 6.45) is 0. The maximum atomic E-state index is 4.56. The third kappa shape index (κ3) is 3.68. The third-order valence-electron chi connectivity index (χ3n) is 2.57. The van der Waals surface area contributed by atoms with Gasteiger partial charge < -0.3 is 10.6 Å². The van der Waals surface area contributed by atoms with Crippen LogP contribution in [0.1, 0.15) is 20.8 Å². The highest BCUT2D eigenvalue weighted by Crippen LogP contribution is 2.21. The van der Waals surface area contributed by atoms with E-state index in [4.69, 9.17) is 0 Å². The van der Waals surface area contributed by atoms with Gasteiger partial charge in [0.05, 0.1) is 5.69 Å². The van der Waals surface area contributed by atoms with Crippen molar-refractivity contribution in [2.24, 2.45) is 0 Å². The Kier molecular flexibility index (Phi) is 4.34. The minimum atomic E-state index is 0.306. The minimum absolute atomic E-state index is 0.306. The van der Waals surface area contributed by atoms with Crippen molar-refractivity contribution in [1.82, 2.24) is 9.97 Å². The van der Waals surface area contributed by atoms with E-state index in [1.165, 1.54) is 0 Å². The second kappa shape index (κ2) is 6.18. The molecule has 0 radical (unpaired) electrons. The van der Waals surface area contributed by atoms with Crippen LogP contribution in [0.15, 0.2) is 36.4 Å². The van der Waals surface area contributed by atoms with Gasteiger partial charge in [-0.3, -0.25) is 0 Å². The van der Waals surface area contributed by atoms with E-state index in [0.29, 0.717) is 12.0 Å². The molecule has 0 amide bonds. The lowest BCUT2D eigenvalue weighted by atomic mass is 10.1. The molecule has 0 aliphatic carbocycles.